The molecule has 31 heavy (non-hydrogen) atoms. The smallest absolute Gasteiger partial charge is 0.271 e. The highest BCUT2D eigenvalue weighted by Gasteiger charge is 2.42. The third-order valence-corrected chi connectivity index (χ3v) is 5.60. The van der Waals surface area contributed by atoms with Crippen LogP contribution >= 0.6 is 0 Å². The predicted molar refractivity (Wildman–Crippen MR) is 116 cm³/mol. The van der Waals surface area contributed by atoms with Gasteiger partial charge in [0.1, 0.15) is 5.75 Å². The minimum absolute atomic E-state index is 0.128. The SMILES string of the molecule is Cc1ccc(C(=O)CN2C(=O)C(C)(C)Oc3ccc(C(=O)N4CCOCC4)cc32)cc1. The van der Waals surface area contributed by atoms with Crippen LogP contribution in [0.4, 0.5) is 5.69 Å². The molecule has 2 heterocycles. The van der Waals surface area contributed by atoms with Crippen LogP contribution in [-0.2, 0) is 9.53 Å². The Labute approximate surface area is 181 Å². The zero-order valence-corrected chi connectivity index (χ0v) is 18.0. The molecule has 1 saturated heterocycles. The van der Waals surface area contributed by atoms with Crippen LogP contribution in [0.2, 0.25) is 0 Å². The van der Waals surface area contributed by atoms with E-state index in [1.165, 1.54) is 4.90 Å². The lowest BCUT2D eigenvalue weighted by Gasteiger charge is -2.38. The normalized spacial score (nSPS) is 17.7. The summed E-state index contributed by atoms with van der Waals surface area (Å²) in [7, 11) is 0. The molecular formula is C24H26N2O5. The zero-order chi connectivity index (χ0) is 22.2. The quantitative estimate of drug-likeness (QED) is 0.709. The average Bonchev–Trinajstić information content (AvgIpc) is 2.77. The maximum atomic E-state index is 13.2. The molecule has 0 N–H and O–H groups in total. The van der Waals surface area contributed by atoms with Gasteiger partial charge < -0.3 is 14.4 Å². The summed E-state index contributed by atoms with van der Waals surface area (Å²) in [5.74, 6) is -0.161. The van der Waals surface area contributed by atoms with Gasteiger partial charge in [-0.05, 0) is 39.0 Å². The number of anilines is 1. The number of morpholine rings is 1. The van der Waals surface area contributed by atoms with E-state index in [4.69, 9.17) is 9.47 Å². The summed E-state index contributed by atoms with van der Waals surface area (Å²) >= 11 is 0. The van der Waals surface area contributed by atoms with Crippen molar-refractivity contribution in [1.82, 2.24) is 4.90 Å². The molecule has 2 aromatic carbocycles. The number of aryl methyl sites for hydroxylation is 1. The molecule has 0 unspecified atom stereocenters. The molecule has 0 bridgehead atoms. The van der Waals surface area contributed by atoms with Crippen molar-refractivity contribution in [2.24, 2.45) is 0 Å². The third kappa shape index (κ3) is 4.18. The number of ether oxygens (including phenoxy) is 2. The number of fused-ring (bicyclic) bond motifs is 1. The van der Waals surface area contributed by atoms with E-state index in [-0.39, 0.29) is 24.1 Å². The van der Waals surface area contributed by atoms with E-state index in [0.717, 1.165) is 5.56 Å². The van der Waals surface area contributed by atoms with Crippen molar-refractivity contribution in [3.8, 4) is 5.75 Å². The van der Waals surface area contributed by atoms with Crippen LogP contribution in [0, 0.1) is 6.92 Å². The van der Waals surface area contributed by atoms with E-state index in [1.54, 1.807) is 49.1 Å². The van der Waals surface area contributed by atoms with Gasteiger partial charge in [0, 0.05) is 24.2 Å². The number of Topliss-reactive ketones (excluding diaryl/α,β-unsaturated/α-hetero) is 1. The summed E-state index contributed by atoms with van der Waals surface area (Å²) in [6, 6.07) is 12.3. The Kier molecular flexibility index (Phi) is 5.54. The van der Waals surface area contributed by atoms with Crippen LogP contribution in [0.25, 0.3) is 0 Å². The number of benzene rings is 2. The Hall–Kier alpha value is -3.19. The van der Waals surface area contributed by atoms with E-state index >= 15 is 0 Å². The fraction of sp³-hybridized carbons (Fsp3) is 0.375. The second-order valence-corrected chi connectivity index (χ2v) is 8.38. The second kappa shape index (κ2) is 8.15. The average molecular weight is 422 g/mol. The highest BCUT2D eigenvalue weighted by molar-refractivity contribution is 6.10. The summed E-state index contributed by atoms with van der Waals surface area (Å²) in [4.78, 5) is 42.2. The highest BCUT2D eigenvalue weighted by atomic mass is 16.5. The minimum atomic E-state index is -1.11. The van der Waals surface area contributed by atoms with Gasteiger partial charge in [0.25, 0.3) is 11.8 Å². The van der Waals surface area contributed by atoms with Crippen molar-refractivity contribution in [2.75, 3.05) is 37.7 Å². The van der Waals surface area contributed by atoms with Crippen LogP contribution in [0.15, 0.2) is 42.5 Å². The van der Waals surface area contributed by atoms with Gasteiger partial charge >= 0.3 is 0 Å². The Morgan fingerprint density at radius 2 is 1.65 bits per heavy atom. The number of amides is 2. The lowest BCUT2D eigenvalue weighted by molar-refractivity contribution is -0.132. The zero-order valence-electron chi connectivity index (χ0n) is 18.0. The highest BCUT2D eigenvalue weighted by Crippen LogP contribution is 2.38. The van der Waals surface area contributed by atoms with Gasteiger partial charge in [0.15, 0.2) is 11.4 Å². The molecule has 0 atom stereocenters. The van der Waals surface area contributed by atoms with Crippen molar-refractivity contribution in [2.45, 2.75) is 26.4 Å². The minimum Gasteiger partial charge on any atom is -0.476 e. The van der Waals surface area contributed by atoms with E-state index in [2.05, 4.69) is 0 Å². The maximum absolute atomic E-state index is 13.2. The number of rotatable bonds is 4. The molecule has 7 nitrogen and oxygen atoms in total. The first-order valence-corrected chi connectivity index (χ1v) is 10.4. The van der Waals surface area contributed by atoms with Crippen LogP contribution in [0.1, 0.15) is 40.1 Å². The molecule has 0 saturated carbocycles. The lowest BCUT2D eigenvalue weighted by atomic mass is 10.0. The van der Waals surface area contributed by atoms with Gasteiger partial charge in [-0.2, -0.15) is 0 Å². The molecule has 4 rings (SSSR count). The van der Waals surface area contributed by atoms with Crippen molar-refractivity contribution >= 4 is 23.3 Å². The van der Waals surface area contributed by atoms with Gasteiger partial charge in [-0.25, -0.2) is 0 Å². The molecule has 0 radical (unpaired) electrons. The van der Waals surface area contributed by atoms with E-state index in [9.17, 15) is 14.4 Å². The number of carbonyl (C=O) groups is 3. The number of ketones is 1. The topological polar surface area (TPSA) is 76.2 Å². The summed E-state index contributed by atoms with van der Waals surface area (Å²) < 4.78 is 11.2. The number of hydrogen-bond donors (Lipinski definition) is 0. The van der Waals surface area contributed by atoms with Crippen molar-refractivity contribution in [3.63, 3.8) is 0 Å². The van der Waals surface area contributed by atoms with Crippen LogP contribution < -0.4 is 9.64 Å². The largest absolute Gasteiger partial charge is 0.476 e. The molecule has 2 aromatic rings. The van der Waals surface area contributed by atoms with Crippen molar-refractivity contribution in [1.29, 1.82) is 0 Å². The summed E-state index contributed by atoms with van der Waals surface area (Å²) in [6.07, 6.45) is 0. The van der Waals surface area contributed by atoms with Crippen molar-refractivity contribution < 1.29 is 23.9 Å². The fourth-order valence-electron chi connectivity index (χ4n) is 3.78. The van der Waals surface area contributed by atoms with E-state index < -0.39 is 5.60 Å². The number of carbonyl (C=O) groups excluding carboxylic acids is 3. The second-order valence-electron chi connectivity index (χ2n) is 8.38. The Morgan fingerprint density at radius 3 is 2.32 bits per heavy atom. The molecule has 1 fully saturated rings. The number of hydrogen-bond acceptors (Lipinski definition) is 5. The molecule has 2 aliphatic rings. The molecule has 2 aliphatic heterocycles. The van der Waals surface area contributed by atoms with Crippen LogP contribution in [0.3, 0.4) is 0 Å². The molecule has 7 heteroatoms. The monoisotopic (exact) mass is 422 g/mol. The summed E-state index contributed by atoms with van der Waals surface area (Å²) in [6.45, 7) is 7.22. The third-order valence-electron chi connectivity index (χ3n) is 5.60. The predicted octanol–water partition coefficient (Wildman–Crippen LogP) is 2.85. The van der Waals surface area contributed by atoms with Crippen molar-refractivity contribution in [3.05, 3.63) is 59.2 Å². The van der Waals surface area contributed by atoms with Gasteiger partial charge in [0.2, 0.25) is 0 Å². The first-order chi connectivity index (χ1) is 14.8. The van der Waals surface area contributed by atoms with Gasteiger partial charge in [0.05, 0.1) is 25.4 Å². The summed E-state index contributed by atoms with van der Waals surface area (Å²) in [5, 5.41) is 0. The first-order valence-electron chi connectivity index (χ1n) is 10.4. The molecule has 0 aliphatic carbocycles. The van der Waals surface area contributed by atoms with Crippen LogP contribution in [0.5, 0.6) is 5.75 Å². The Morgan fingerprint density at radius 1 is 1.00 bits per heavy atom. The molecule has 0 aromatic heterocycles. The summed E-state index contributed by atoms with van der Waals surface area (Å²) in [5.41, 5.74) is 1.35. The Balaban J connectivity index is 1.66. The van der Waals surface area contributed by atoms with E-state index in [1.807, 2.05) is 19.1 Å². The lowest BCUT2D eigenvalue weighted by Crippen LogP contribution is -2.54. The first kappa shape index (κ1) is 21.1. The molecule has 162 valence electrons. The molecular weight excluding hydrogens is 396 g/mol. The van der Waals surface area contributed by atoms with Gasteiger partial charge in [-0.3, -0.25) is 19.3 Å². The van der Waals surface area contributed by atoms with E-state index in [0.29, 0.717) is 48.9 Å². The number of nitrogens with zero attached hydrogens (tertiary/aromatic N) is 2. The Bertz CT molecular complexity index is 1020. The fourth-order valence-corrected chi connectivity index (χ4v) is 3.78. The molecule has 0 spiro atoms. The maximum Gasteiger partial charge on any atom is 0.271 e. The standard InChI is InChI=1S/C24H26N2O5/c1-16-4-6-17(7-5-16)20(27)15-26-19-14-18(22(28)25-10-12-30-13-11-25)8-9-21(19)31-24(2,3)23(26)29/h4-9,14H,10-13,15H2,1-3H3. The van der Waals surface area contributed by atoms with Gasteiger partial charge in [-0.1, -0.05) is 29.8 Å². The van der Waals surface area contributed by atoms with Gasteiger partial charge in [-0.15, -0.1) is 0 Å². The van der Waals surface area contributed by atoms with Crippen LogP contribution in [-0.4, -0.2) is 60.9 Å². The molecule has 2 amide bonds.